The second-order valence-electron chi connectivity index (χ2n) is 3.41. The number of carbonyl (C=O) groups is 1. The first kappa shape index (κ1) is 13.4. The number of halogens is 2. The number of amides is 1. The monoisotopic (exact) mass is 244 g/mol. The number of likely N-dealkylation sites (N-methyl/N-ethyl adjacent to an activating group) is 1. The molecule has 0 aromatic heterocycles. The van der Waals surface area contributed by atoms with Gasteiger partial charge < -0.3 is 15.4 Å². The molecule has 0 saturated heterocycles. The fraction of sp³-hybridized carbons (Fsp3) is 0.364. The van der Waals surface area contributed by atoms with Gasteiger partial charge in [0.05, 0.1) is 6.04 Å². The van der Waals surface area contributed by atoms with Crippen molar-refractivity contribution in [3.8, 4) is 5.75 Å². The Kier molecular flexibility index (Phi) is 4.84. The van der Waals surface area contributed by atoms with Crippen LogP contribution in [0.1, 0.15) is 6.92 Å². The number of anilines is 1. The van der Waals surface area contributed by atoms with Crippen LogP contribution in [0, 0.1) is 0 Å². The van der Waals surface area contributed by atoms with Crippen LogP contribution in [-0.4, -0.2) is 25.6 Å². The molecule has 2 N–H and O–H groups in total. The summed E-state index contributed by atoms with van der Waals surface area (Å²) in [5.41, 5.74) is 0.412. The van der Waals surface area contributed by atoms with E-state index in [1.165, 1.54) is 18.2 Å². The molecule has 6 heteroatoms. The van der Waals surface area contributed by atoms with Gasteiger partial charge in [0.1, 0.15) is 5.75 Å². The molecule has 0 aliphatic heterocycles. The highest BCUT2D eigenvalue weighted by atomic mass is 19.3. The molecule has 0 spiro atoms. The summed E-state index contributed by atoms with van der Waals surface area (Å²) in [5, 5.41) is 5.35. The molecule has 0 saturated carbocycles. The van der Waals surface area contributed by atoms with Gasteiger partial charge in [-0.15, -0.1) is 0 Å². The number of nitrogens with one attached hydrogen (secondary N) is 2. The van der Waals surface area contributed by atoms with Crippen molar-refractivity contribution in [2.24, 2.45) is 0 Å². The second kappa shape index (κ2) is 6.15. The molecule has 0 aliphatic carbocycles. The third-order valence-electron chi connectivity index (χ3n) is 2.15. The van der Waals surface area contributed by atoms with Crippen molar-refractivity contribution in [3.63, 3.8) is 0 Å². The number of hydrogen-bond acceptors (Lipinski definition) is 3. The van der Waals surface area contributed by atoms with Crippen LogP contribution in [0.3, 0.4) is 0 Å². The molecule has 0 bridgehead atoms. The summed E-state index contributed by atoms with van der Waals surface area (Å²) >= 11 is 0. The molecule has 1 unspecified atom stereocenters. The zero-order chi connectivity index (χ0) is 12.8. The minimum absolute atomic E-state index is 0.00918. The first-order chi connectivity index (χ1) is 8.02. The smallest absolute Gasteiger partial charge is 0.387 e. The van der Waals surface area contributed by atoms with Gasteiger partial charge in [0.25, 0.3) is 0 Å². The van der Waals surface area contributed by atoms with Crippen LogP contribution in [0.15, 0.2) is 24.3 Å². The molecule has 4 nitrogen and oxygen atoms in total. The van der Waals surface area contributed by atoms with Crippen molar-refractivity contribution in [2.45, 2.75) is 19.6 Å². The molecule has 1 rings (SSSR count). The Labute approximate surface area is 98.0 Å². The maximum atomic E-state index is 12.0. The highest BCUT2D eigenvalue weighted by Gasteiger charge is 2.11. The van der Waals surface area contributed by atoms with E-state index in [2.05, 4.69) is 15.4 Å². The summed E-state index contributed by atoms with van der Waals surface area (Å²) in [5.74, 6) is -0.239. The first-order valence-electron chi connectivity index (χ1n) is 5.06. The van der Waals surface area contributed by atoms with Gasteiger partial charge in [-0.3, -0.25) is 4.79 Å². The van der Waals surface area contributed by atoms with Crippen LogP contribution in [0.5, 0.6) is 5.75 Å². The van der Waals surface area contributed by atoms with Crippen LogP contribution in [0.25, 0.3) is 0 Å². The summed E-state index contributed by atoms with van der Waals surface area (Å²) in [6.07, 6.45) is 0. The zero-order valence-electron chi connectivity index (χ0n) is 9.54. The second-order valence-corrected chi connectivity index (χ2v) is 3.41. The maximum Gasteiger partial charge on any atom is 0.387 e. The van der Waals surface area contributed by atoms with Gasteiger partial charge in [-0.1, -0.05) is 6.07 Å². The van der Waals surface area contributed by atoms with E-state index in [9.17, 15) is 13.6 Å². The van der Waals surface area contributed by atoms with E-state index in [0.717, 1.165) is 0 Å². The zero-order valence-corrected chi connectivity index (χ0v) is 9.54. The van der Waals surface area contributed by atoms with Gasteiger partial charge in [-0.05, 0) is 26.1 Å². The minimum Gasteiger partial charge on any atom is -0.435 e. The molecule has 17 heavy (non-hydrogen) atoms. The molecule has 94 valence electrons. The lowest BCUT2D eigenvalue weighted by Gasteiger charge is -2.12. The number of alkyl halides is 2. The Hall–Kier alpha value is -1.69. The predicted octanol–water partition coefficient (Wildman–Crippen LogP) is 1.83. The fourth-order valence-electron chi connectivity index (χ4n) is 1.13. The van der Waals surface area contributed by atoms with Crippen molar-refractivity contribution >= 4 is 11.6 Å². The minimum atomic E-state index is -2.88. The Morgan fingerprint density at radius 3 is 2.71 bits per heavy atom. The summed E-state index contributed by atoms with van der Waals surface area (Å²) in [4.78, 5) is 11.5. The lowest BCUT2D eigenvalue weighted by atomic mass is 10.2. The lowest BCUT2D eigenvalue weighted by Crippen LogP contribution is -2.35. The molecule has 1 aromatic rings. The quantitative estimate of drug-likeness (QED) is 0.830. The van der Waals surface area contributed by atoms with Gasteiger partial charge in [0, 0.05) is 11.8 Å². The van der Waals surface area contributed by atoms with Gasteiger partial charge in [-0.2, -0.15) is 8.78 Å². The molecule has 0 fully saturated rings. The average molecular weight is 244 g/mol. The predicted molar refractivity (Wildman–Crippen MR) is 60.2 cm³/mol. The van der Waals surface area contributed by atoms with Crippen LogP contribution >= 0.6 is 0 Å². The van der Waals surface area contributed by atoms with Crippen molar-refractivity contribution in [2.75, 3.05) is 12.4 Å². The molecular weight excluding hydrogens is 230 g/mol. The molecule has 0 aliphatic rings. The van der Waals surface area contributed by atoms with Crippen LogP contribution in [-0.2, 0) is 4.79 Å². The van der Waals surface area contributed by atoms with Gasteiger partial charge in [0.2, 0.25) is 5.91 Å². The third kappa shape index (κ3) is 4.36. The molecule has 1 aromatic carbocycles. The Morgan fingerprint density at radius 2 is 2.12 bits per heavy atom. The summed E-state index contributed by atoms with van der Waals surface area (Å²) in [6, 6.07) is 5.49. The number of benzene rings is 1. The average Bonchev–Trinajstić information content (AvgIpc) is 2.27. The highest BCUT2D eigenvalue weighted by Crippen LogP contribution is 2.19. The van der Waals surface area contributed by atoms with Crippen molar-refractivity contribution in [3.05, 3.63) is 24.3 Å². The number of ether oxygens (including phenoxy) is 1. The lowest BCUT2D eigenvalue weighted by molar-refractivity contribution is -0.117. The number of rotatable bonds is 5. The molecule has 0 radical (unpaired) electrons. The molecular formula is C11H14F2N2O2. The highest BCUT2D eigenvalue weighted by molar-refractivity contribution is 5.94. The fourth-order valence-corrected chi connectivity index (χ4v) is 1.13. The van der Waals surface area contributed by atoms with E-state index in [1.807, 2.05) is 0 Å². The molecule has 1 atom stereocenters. The van der Waals surface area contributed by atoms with Gasteiger partial charge in [-0.25, -0.2) is 0 Å². The van der Waals surface area contributed by atoms with Crippen LogP contribution in [0.4, 0.5) is 14.5 Å². The van der Waals surface area contributed by atoms with Crippen LogP contribution < -0.4 is 15.4 Å². The SMILES string of the molecule is CNC(C)C(=O)Nc1cccc(OC(F)F)c1. The third-order valence-corrected chi connectivity index (χ3v) is 2.15. The van der Waals surface area contributed by atoms with E-state index >= 15 is 0 Å². The van der Waals surface area contributed by atoms with E-state index in [1.54, 1.807) is 20.0 Å². The topological polar surface area (TPSA) is 50.4 Å². The van der Waals surface area contributed by atoms with Crippen molar-refractivity contribution < 1.29 is 18.3 Å². The Balaban J connectivity index is 2.68. The van der Waals surface area contributed by atoms with E-state index < -0.39 is 6.61 Å². The largest absolute Gasteiger partial charge is 0.435 e. The Morgan fingerprint density at radius 1 is 1.41 bits per heavy atom. The summed E-state index contributed by atoms with van der Waals surface area (Å²) < 4.78 is 28.2. The van der Waals surface area contributed by atoms with E-state index in [0.29, 0.717) is 5.69 Å². The van der Waals surface area contributed by atoms with Crippen molar-refractivity contribution in [1.82, 2.24) is 5.32 Å². The van der Waals surface area contributed by atoms with E-state index in [4.69, 9.17) is 0 Å². The molecule has 1 amide bonds. The maximum absolute atomic E-state index is 12.0. The number of carbonyl (C=O) groups excluding carboxylic acids is 1. The van der Waals surface area contributed by atoms with Crippen molar-refractivity contribution in [1.29, 1.82) is 0 Å². The molecule has 0 heterocycles. The Bertz CT molecular complexity index is 385. The first-order valence-corrected chi connectivity index (χ1v) is 5.06. The van der Waals surface area contributed by atoms with Crippen LogP contribution in [0.2, 0.25) is 0 Å². The van der Waals surface area contributed by atoms with E-state index in [-0.39, 0.29) is 17.7 Å². The van der Waals surface area contributed by atoms with Gasteiger partial charge >= 0.3 is 6.61 Å². The van der Waals surface area contributed by atoms with Gasteiger partial charge in [0.15, 0.2) is 0 Å². The standard InChI is InChI=1S/C11H14F2N2O2/c1-7(14-2)10(16)15-8-4-3-5-9(6-8)17-11(12)13/h3-7,11,14H,1-2H3,(H,15,16). The number of hydrogen-bond donors (Lipinski definition) is 2. The summed E-state index contributed by atoms with van der Waals surface area (Å²) in [6.45, 7) is -1.19. The normalized spacial score (nSPS) is 12.3. The summed E-state index contributed by atoms with van der Waals surface area (Å²) in [7, 11) is 1.65.